The summed E-state index contributed by atoms with van der Waals surface area (Å²) in [5.41, 5.74) is -7.66. The molecule has 0 saturated heterocycles. The number of hydrogen-bond acceptors (Lipinski definition) is 14. The van der Waals surface area contributed by atoms with E-state index in [1.165, 1.54) is 385 Å². The zero-order valence-corrected chi connectivity index (χ0v) is 86.9. The molecule has 0 aliphatic heterocycles. The molecule has 0 amide bonds. The van der Waals surface area contributed by atoms with Gasteiger partial charge in [0, 0.05) is 49.4 Å². The van der Waals surface area contributed by atoms with Gasteiger partial charge in [0.15, 0.2) is 0 Å². The van der Waals surface area contributed by atoms with Crippen molar-refractivity contribution >= 4 is 56.0 Å². The molecule has 0 aromatic rings. The zero-order valence-electron chi connectivity index (χ0n) is 72.9. The maximum absolute atomic E-state index is 12.1. The smallest absolute Gasteiger partial charge is 0.854 e. The fourth-order valence-electron chi connectivity index (χ4n) is 13.6. The van der Waals surface area contributed by atoms with Crippen LogP contribution in [0.2, 0.25) is 0 Å². The van der Waals surface area contributed by atoms with Crippen molar-refractivity contribution in [2.75, 3.05) is 129 Å². The van der Waals surface area contributed by atoms with E-state index in [-0.39, 0.29) is 58.4 Å². The molecule has 12 nitrogen and oxygen atoms in total. The molecule has 0 aromatic heterocycles. The molecule has 0 aromatic carbocycles. The molecular formula is C88H180O12P2S4Zn3. The predicted octanol–water partition coefficient (Wildman–Crippen LogP) is 24.3. The van der Waals surface area contributed by atoms with Crippen LogP contribution in [-0.2, 0) is 141 Å². The van der Waals surface area contributed by atoms with Gasteiger partial charge in [0.25, 0.3) is 0 Å². The van der Waals surface area contributed by atoms with Crippen LogP contribution < -0.4 is 19.6 Å². The molecule has 0 saturated carbocycles. The van der Waals surface area contributed by atoms with E-state index in [1.54, 1.807) is 0 Å². The largest absolute Gasteiger partial charge is 2.00 e. The van der Waals surface area contributed by atoms with Crippen molar-refractivity contribution in [2.45, 2.75) is 439 Å². The summed E-state index contributed by atoms with van der Waals surface area (Å²) in [5.74, 6) is 1.73. The second-order valence-electron chi connectivity index (χ2n) is 30.7. The maximum Gasteiger partial charge on any atom is 2.00 e. The Morgan fingerprint density at radius 1 is 0.165 bits per heavy atom. The molecular weight excluding hydrogens is 1640 g/mol. The van der Waals surface area contributed by atoms with E-state index in [4.69, 9.17) is 62.4 Å². The normalized spacial score (nSPS) is 11.8. The molecule has 0 heterocycles. The summed E-state index contributed by atoms with van der Waals surface area (Å²) in [4.78, 5) is 48.5. The second kappa shape index (κ2) is 106. The van der Waals surface area contributed by atoms with Crippen LogP contribution in [0.5, 0.6) is 0 Å². The van der Waals surface area contributed by atoms with Crippen LogP contribution >= 0.6 is 11.4 Å². The Bertz CT molecular complexity index is 1530. The average molecular weight is 1820 g/mol. The molecule has 0 fully saturated rings. The van der Waals surface area contributed by atoms with Crippen molar-refractivity contribution in [1.82, 2.24) is 0 Å². The first-order chi connectivity index (χ1) is 52.0. The Morgan fingerprint density at radius 2 is 0.266 bits per heavy atom. The van der Waals surface area contributed by atoms with Gasteiger partial charge < -0.3 is 93.4 Å². The van der Waals surface area contributed by atoms with Crippen molar-refractivity contribution in [1.29, 1.82) is 0 Å². The van der Waals surface area contributed by atoms with Crippen LogP contribution in [0.15, 0.2) is 0 Å². The van der Waals surface area contributed by atoms with Gasteiger partial charge in [0.1, 0.15) is 0 Å². The standard InChI is InChI=1S/2C44H90O6PS2.3Zn/c2*1-3-5-7-9-11-13-15-17-19-21-23-25-27-29-31-33-35-47-37-39-49-41-43-53(51(45,46)52)44-42-50-40-38-48-36-34-32-30-28-26-24-22-20-18-16-14-12-10-8-6-4-2;;;/h2*3-44H2,1-2H3;;;/q2*-3;3*+2. The van der Waals surface area contributed by atoms with E-state index in [2.05, 4.69) is 27.7 Å². The number of rotatable bonds is 92. The number of ether oxygens (including phenoxy) is 8. The van der Waals surface area contributed by atoms with Crippen molar-refractivity contribution < 1.29 is 116 Å². The van der Waals surface area contributed by atoms with Crippen molar-refractivity contribution in [3.8, 4) is 0 Å². The molecule has 0 aliphatic carbocycles. The Kier molecular flexibility index (Phi) is 118. The van der Waals surface area contributed by atoms with Crippen LogP contribution in [0.1, 0.15) is 439 Å². The van der Waals surface area contributed by atoms with Crippen molar-refractivity contribution in [3.63, 3.8) is 0 Å². The molecule has 0 atom stereocenters. The van der Waals surface area contributed by atoms with Crippen LogP contribution in [0.25, 0.3) is 0 Å². The van der Waals surface area contributed by atoms with E-state index in [0.29, 0.717) is 102 Å². The third-order valence-corrected chi connectivity index (χ3v) is 34.1. The Hall–Kier alpha value is 3.65. The van der Waals surface area contributed by atoms with Crippen LogP contribution in [0, 0.1) is 0 Å². The van der Waals surface area contributed by atoms with Gasteiger partial charge in [-0.15, -0.1) is 0 Å². The summed E-state index contributed by atoms with van der Waals surface area (Å²) in [6.07, 6.45) is 87.5. The molecule has 0 aliphatic rings. The average Bonchev–Trinajstić information content (AvgIpc) is 0.904. The molecule has 644 valence electrons. The second-order valence-corrected chi connectivity index (χ2v) is 46.3. The van der Waals surface area contributed by atoms with Gasteiger partial charge in [-0.3, -0.25) is 0 Å². The molecule has 0 radical (unpaired) electrons. The summed E-state index contributed by atoms with van der Waals surface area (Å²) in [6, 6.07) is 0. The van der Waals surface area contributed by atoms with E-state index in [9.17, 15) is 19.6 Å². The summed E-state index contributed by atoms with van der Waals surface area (Å²) < 4.78 is 45.5. The van der Waals surface area contributed by atoms with Gasteiger partial charge in [-0.1, -0.05) is 413 Å². The Balaban J connectivity index is -0.000000644. The summed E-state index contributed by atoms with van der Waals surface area (Å²) >= 11 is 9.65. The first-order valence-electron chi connectivity index (χ1n) is 46.1. The monoisotopic (exact) mass is 1810 g/mol. The third kappa shape index (κ3) is 108. The SMILES string of the molecule is CCCCCCCCCCCCCCCCCCOCCOCCS(CCOCCOCCCCCCCCCCCCCCCCCC)=P([O-])([O-])[S-].CCCCCCCCCCCCCCCCCCOCCOCCS(CCOCCOCCCCCCCCCCCCCCCCCC)=P([O-])([O-])[S-].[Zn+2].[Zn+2].[Zn+2]. The summed E-state index contributed by atoms with van der Waals surface area (Å²) in [7, 11) is -1.80. The topological polar surface area (TPSA) is 166 Å². The predicted molar refractivity (Wildman–Crippen MR) is 468 cm³/mol. The van der Waals surface area contributed by atoms with Crippen LogP contribution in [0.3, 0.4) is 0 Å². The number of hydrogen-bond donors (Lipinski definition) is 0. The van der Waals surface area contributed by atoms with Gasteiger partial charge in [-0.2, -0.15) is 0 Å². The van der Waals surface area contributed by atoms with E-state index in [1.807, 2.05) is 0 Å². The van der Waals surface area contributed by atoms with Gasteiger partial charge >= 0.3 is 58.4 Å². The van der Waals surface area contributed by atoms with Gasteiger partial charge in [-0.25, -0.2) is 20.1 Å². The molecule has 0 spiro atoms. The molecule has 0 unspecified atom stereocenters. The van der Waals surface area contributed by atoms with E-state index < -0.39 is 31.5 Å². The minimum absolute atomic E-state index is 0. The summed E-state index contributed by atoms with van der Waals surface area (Å²) in [6.45, 7) is 17.9. The van der Waals surface area contributed by atoms with Gasteiger partial charge in [-0.05, 0) is 25.7 Å². The fraction of sp³-hybridized carbons (Fsp3) is 1.00. The van der Waals surface area contributed by atoms with E-state index in [0.717, 1.165) is 52.1 Å². The maximum atomic E-state index is 12.1. The third-order valence-electron chi connectivity index (χ3n) is 20.5. The van der Waals surface area contributed by atoms with Crippen LogP contribution in [0.4, 0.5) is 0 Å². The fourth-order valence-corrected chi connectivity index (χ4v) is 22.4. The van der Waals surface area contributed by atoms with Gasteiger partial charge in [0.05, 0.1) is 79.3 Å². The first kappa shape index (κ1) is 121. The van der Waals surface area contributed by atoms with Crippen molar-refractivity contribution in [3.05, 3.63) is 0 Å². The number of unbranched alkanes of at least 4 members (excludes halogenated alkanes) is 60. The molecule has 0 bridgehead atoms. The Labute approximate surface area is 732 Å². The van der Waals surface area contributed by atoms with Gasteiger partial charge in [0.2, 0.25) is 0 Å². The minimum atomic E-state index is -3.83. The van der Waals surface area contributed by atoms with E-state index >= 15 is 0 Å². The Morgan fingerprint density at radius 3 is 0.376 bits per heavy atom. The summed E-state index contributed by atoms with van der Waals surface area (Å²) in [5, 5.41) is 0. The first-order valence-corrected chi connectivity index (χ1v) is 55.7. The van der Waals surface area contributed by atoms with Crippen molar-refractivity contribution in [2.24, 2.45) is 0 Å². The minimum Gasteiger partial charge on any atom is -0.854 e. The van der Waals surface area contributed by atoms with Crippen LogP contribution in [-0.4, -0.2) is 129 Å². The molecule has 0 N–H and O–H groups in total. The quantitative estimate of drug-likeness (QED) is 0.0244. The molecule has 109 heavy (non-hydrogen) atoms. The molecule has 0 rings (SSSR count). The molecule has 21 heteroatoms. The zero-order chi connectivity index (χ0) is 77.2.